The summed E-state index contributed by atoms with van der Waals surface area (Å²) in [5, 5.41) is 9.31. The lowest BCUT2D eigenvalue weighted by Gasteiger charge is -1.99. The third kappa shape index (κ3) is 2.31. The Morgan fingerprint density at radius 3 is 2.33 bits per heavy atom. The summed E-state index contributed by atoms with van der Waals surface area (Å²) in [7, 11) is 0. The molecule has 0 bridgehead atoms. The fraction of sp³-hybridized carbons (Fsp3) is 0. The second-order valence-electron chi connectivity index (χ2n) is 2.12. The van der Waals surface area contributed by atoms with Crippen molar-refractivity contribution in [3.05, 3.63) is 34.3 Å². The molecule has 0 saturated carbocycles. The fourth-order valence-electron chi connectivity index (χ4n) is 0.752. The summed E-state index contributed by atoms with van der Waals surface area (Å²) in [6.45, 7) is 0. The van der Waals surface area contributed by atoms with Crippen LogP contribution in [0.1, 0.15) is 5.56 Å². The number of halogens is 3. The van der Waals surface area contributed by atoms with Crippen LogP contribution in [0.25, 0.3) is 5.03 Å². The first-order valence-corrected chi connectivity index (χ1v) is 4.25. The molecule has 64 valence electrons. The van der Waals surface area contributed by atoms with Gasteiger partial charge >= 0.3 is 0 Å². The first kappa shape index (κ1) is 9.72. The van der Waals surface area contributed by atoms with Crippen LogP contribution in [-0.4, -0.2) is 5.11 Å². The van der Waals surface area contributed by atoms with E-state index in [0.717, 1.165) is 0 Å². The molecule has 0 unspecified atom stereocenters. The van der Waals surface area contributed by atoms with Gasteiger partial charge in [0.05, 0.1) is 5.03 Å². The predicted octanol–water partition coefficient (Wildman–Crippen LogP) is 3.73. The van der Waals surface area contributed by atoms with E-state index in [1.54, 1.807) is 12.1 Å². The maximum absolute atomic E-state index is 9.08. The molecular formula is C8H5Cl3O. The van der Waals surface area contributed by atoms with Crippen LogP contribution < -0.4 is 0 Å². The van der Waals surface area contributed by atoms with E-state index in [1.165, 1.54) is 12.1 Å². The molecule has 0 fully saturated rings. The van der Waals surface area contributed by atoms with Crippen LogP contribution >= 0.6 is 34.8 Å². The number of rotatable bonds is 1. The minimum atomic E-state index is -0.0118. The number of phenols is 1. The van der Waals surface area contributed by atoms with Gasteiger partial charge in [0, 0.05) is 0 Å². The van der Waals surface area contributed by atoms with E-state index in [1.807, 2.05) is 0 Å². The van der Waals surface area contributed by atoms with Crippen LogP contribution in [0.4, 0.5) is 0 Å². The second kappa shape index (κ2) is 4.04. The van der Waals surface area contributed by atoms with E-state index in [4.69, 9.17) is 39.9 Å². The Labute approximate surface area is 85.2 Å². The molecule has 0 heterocycles. The van der Waals surface area contributed by atoms with Crippen molar-refractivity contribution in [2.24, 2.45) is 0 Å². The van der Waals surface area contributed by atoms with Crippen molar-refractivity contribution in [1.29, 1.82) is 0 Å². The number of hydrogen-bond acceptors (Lipinski definition) is 1. The second-order valence-corrected chi connectivity index (χ2v) is 3.45. The molecule has 1 rings (SSSR count). The van der Waals surface area contributed by atoms with Crippen molar-refractivity contribution in [3.63, 3.8) is 0 Å². The van der Waals surface area contributed by atoms with Crippen LogP contribution in [0, 0.1) is 0 Å². The van der Waals surface area contributed by atoms with Crippen LogP contribution in [0.15, 0.2) is 28.8 Å². The summed E-state index contributed by atoms with van der Waals surface area (Å²) >= 11 is 16.6. The molecule has 1 N–H and O–H groups in total. The molecule has 0 atom stereocenters. The summed E-state index contributed by atoms with van der Waals surface area (Å²) in [6.07, 6.45) is 0. The number of benzene rings is 1. The maximum Gasteiger partial charge on any atom is 0.126 e. The highest BCUT2D eigenvalue weighted by Gasteiger charge is 2.02. The van der Waals surface area contributed by atoms with Crippen LogP contribution in [0.3, 0.4) is 0 Å². The predicted molar refractivity (Wildman–Crippen MR) is 52.6 cm³/mol. The Balaban J connectivity index is 3.13. The van der Waals surface area contributed by atoms with E-state index in [9.17, 15) is 0 Å². The number of phenolic OH excluding ortho intramolecular Hbond substituents is 1. The molecule has 0 aliphatic carbocycles. The molecule has 0 spiro atoms. The van der Waals surface area contributed by atoms with Gasteiger partial charge in [-0.25, -0.2) is 0 Å². The summed E-state index contributed by atoms with van der Waals surface area (Å²) in [4.78, 5) is 0. The smallest absolute Gasteiger partial charge is 0.126 e. The summed E-state index contributed by atoms with van der Waals surface area (Å²) < 4.78 is -0.0118. The zero-order valence-electron chi connectivity index (χ0n) is 5.89. The Hall–Kier alpha value is -0.370. The topological polar surface area (TPSA) is 20.2 Å². The molecule has 4 heteroatoms. The minimum Gasteiger partial charge on any atom is -0.508 e. The van der Waals surface area contributed by atoms with Gasteiger partial charge in [0.15, 0.2) is 0 Å². The Kier molecular flexibility index (Phi) is 3.27. The van der Waals surface area contributed by atoms with Crippen molar-refractivity contribution in [1.82, 2.24) is 0 Å². The van der Waals surface area contributed by atoms with E-state index < -0.39 is 0 Å². The zero-order valence-corrected chi connectivity index (χ0v) is 8.16. The molecule has 0 amide bonds. The molecular weight excluding hydrogens is 218 g/mol. The Bertz CT molecular complexity index is 316. The first-order chi connectivity index (χ1) is 5.61. The Morgan fingerprint density at radius 1 is 1.17 bits per heavy atom. The van der Waals surface area contributed by atoms with Gasteiger partial charge in [-0.2, -0.15) is 0 Å². The van der Waals surface area contributed by atoms with Gasteiger partial charge in [-0.15, -0.1) is 0 Å². The van der Waals surface area contributed by atoms with Crippen LogP contribution in [-0.2, 0) is 0 Å². The number of hydrogen-bond donors (Lipinski definition) is 1. The van der Waals surface area contributed by atoms with Crippen molar-refractivity contribution < 1.29 is 5.11 Å². The molecule has 0 saturated heterocycles. The molecule has 1 aromatic rings. The highest BCUT2D eigenvalue weighted by molar-refractivity contribution is 6.66. The van der Waals surface area contributed by atoms with Crippen molar-refractivity contribution in [3.8, 4) is 5.75 Å². The van der Waals surface area contributed by atoms with Crippen molar-refractivity contribution in [2.75, 3.05) is 0 Å². The van der Waals surface area contributed by atoms with Gasteiger partial charge in [0.1, 0.15) is 10.2 Å². The van der Waals surface area contributed by atoms with Crippen LogP contribution in [0.2, 0.25) is 0 Å². The third-order valence-electron chi connectivity index (χ3n) is 1.27. The molecule has 0 aliphatic heterocycles. The average molecular weight is 223 g/mol. The first-order valence-electron chi connectivity index (χ1n) is 3.11. The van der Waals surface area contributed by atoms with Crippen LogP contribution in [0.5, 0.6) is 5.75 Å². The quantitative estimate of drug-likeness (QED) is 0.769. The normalized spacial score (nSPS) is 9.58. The van der Waals surface area contributed by atoms with Crippen molar-refractivity contribution >= 4 is 39.8 Å². The Morgan fingerprint density at radius 2 is 1.83 bits per heavy atom. The van der Waals surface area contributed by atoms with Gasteiger partial charge in [-0.1, -0.05) is 46.9 Å². The summed E-state index contributed by atoms with van der Waals surface area (Å²) in [5.74, 6) is 0.125. The standard InChI is InChI=1S/C8H5Cl3O/c9-7(8(10)11)5-2-1-3-6(12)4-5/h1-4,12H. The molecule has 12 heavy (non-hydrogen) atoms. The number of aromatic hydroxyl groups is 1. The lowest BCUT2D eigenvalue weighted by Crippen LogP contribution is -1.76. The largest absolute Gasteiger partial charge is 0.508 e. The molecule has 1 aromatic carbocycles. The molecule has 0 radical (unpaired) electrons. The van der Waals surface area contributed by atoms with E-state index in [0.29, 0.717) is 5.56 Å². The molecule has 1 nitrogen and oxygen atoms in total. The molecule has 0 aromatic heterocycles. The van der Waals surface area contributed by atoms with Gasteiger partial charge in [0.25, 0.3) is 0 Å². The highest BCUT2D eigenvalue weighted by atomic mass is 35.5. The summed E-state index contributed by atoms with van der Waals surface area (Å²) in [5.41, 5.74) is 0.594. The van der Waals surface area contributed by atoms with Gasteiger partial charge in [-0.3, -0.25) is 0 Å². The SMILES string of the molecule is Oc1cccc(C(Cl)=C(Cl)Cl)c1. The minimum absolute atomic E-state index is 0.0118. The fourth-order valence-corrected chi connectivity index (χ4v) is 1.09. The lowest BCUT2D eigenvalue weighted by atomic mass is 10.2. The van der Waals surface area contributed by atoms with Crippen molar-refractivity contribution in [2.45, 2.75) is 0 Å². The van der Waals surface area contributed by atoms with E-state index in [2.05, 4.69) is 0 Å². The summed E-state index contributed by atoms with van der Waals surface area (Å²) in [6, 6.07) is 6.37. The maximum atomic E-state index is 9.08. The molecule has 0 aliphatic rings. The van der Waals surface area contributed by atoms with Gasteiger partial charge < -0.3 is 5.11 Å². The van der Waals surface area contributed by atoms with E-state index >= 15 is 0 Å². The van der Waals surface area contributed by atoms with E-state index in [-0.39, 0.29) is 15.3 Å². The third-order valence-corrected chi connectivity index (χ3v) is 2.24. The van der Waals surface area contributed by atoms with Gasteiger partial charge in [-0.05, 0) is 17.7 Å². The average Bonchev–Trinajstić information content (AvgIpc) is 2.03. The monoisotopic (exact) mass is 222 g/mol. The lowest BCUT2D eigenvalue weighted by molar-refractivity contribution is 0.475. The zero-order chi connectivity index (χ0) is 9.14. The highest BCUT2D eigenvalue weighted by Crippen LogP contribution is 2.29. The van der Waals surface area contributed by atoms with Gasteiger partial charge in [0.2, 0.25) is 0 Å².